The summed E-state index contributed by atoms with van der Waals surface area (Å²) in [4.78, 5) is 0. The van der Waals surface area contributed by atoms with Crippen molar-refractivity contribution in [3.05, 3.63) is 60.2 Å². The molecule has 198 valence electrons. The van der Waals surface area contributed by atoms with Gasteiger partial charge >= 0.3 is 0 Å². The predicted octanol–water partition coefficient (Wildman–Crippen LogP) is 8.15. The molecule has 0 N–H and O–H groups in total. The van der Waals surface area contributed by atoms with Crippen molar-refractivity contribution in [3.63, 3.8) is 0 Å². The summed E-state index contributed by atoms with van der Waals surface area (Å²) in [7, 11) is -4.03. The second kappa shape index (κ2) is 10.00. The highest BCUT2D eigenvalue weighted by atomic mass is 28.4. The highest BCUT2D eigenvalue weighted by Crippen LogP contribution is 2.52. The summed E-state index contributed by atoms with van der Waals surface area (Å²) in [6, 6.07) is 12.9. The van der Waals surface area contributed by atoms with Crippen LogP contribution in [-0.4, -0.2) is 34.4 Å². The van der Waals surface area contributed by atoms with Gasteiger partial charge < -0.3 is 13.6 Å². The number of ether oxygens (including phenoxy) is 1. The molecule has 0 heterocycles. The average molecular weight is 526 g/mol. The van der Waals surface area contributed by atoms with Gasteiger partial charge in [0.2, 0.25) is 0 Å². The number of nitrogens with zero attached hydrogens (tertiary/aromatic N) is 1. The fraction of sp³-hybridized carbons (Fsp3) is 0.633. The molecule has 3 rings (SSSR count). The summed E-state index contributed by atoms with van der Waals surface area (Å²) in [5.41, 5.74) is -0.477. The van der Waals surface area contributed by atoms with Crippen LogP contribution in [0.1, 0.15) is 59.9 Å². The molecule has 6 heteroatoms. The monoisotopic (exact) mass is 525 g/mol. The first-order valence-corrected chi connectivity index (χ1v) is 19.1. The summed E-state index contributed by atoms with van der Waals surface area (Å²) in [6.45, 7) is 23.2. The van der Waals surface area contributed by atoms with Crippen LogP contribution in [0.3, 0.4) is 0 Å². The van der Waals surface area contributed by atoms with Crippen molar-refractivity contribution in [2.75, 3.05) is 0 Å². The summed E-state index contributed by atoms with van der Waals surface area (Å²) in [5.74, 6) is 0. The number of nitriles is 1. The lowest BCUT2D eigenvalue weighted by molar-refractivity contribution is -0.138. The lowest BCUT2D eigenvalue weighted by Gasteiger charge is -2.53. The van der Waals surface area contributed by atoms with Gasteiger partial charge in [-0.1, -0.05) is 96.2 Å². The van der Waals surface area contributed by atoms with Crippen molar-refractivity contribution in [2.45, 2.75) is 115 Å². The maximum absolute atomic E-state index is 10.5. The molecule has 0 fully saturated rings. The van der Waals surface area contributed by atoms with E-state index in [1.807, 2.05) is 30.4 Å². The van der Waals surface area contributed by atoms with Crippen molar-refractivity contribution < 1.29 is 13.6 Å². The first-order chi connectivity index (χ1) is 16.5. The van der Waals surface area contributed by atoms with Gasteiger partial charge in [0.15, 0.2) is 16.6 Å². The molecule has 2 aliphatic carbocycles. The molecule has 4 nitrogen and oxygen atoms in total. The van der Waals surface area contributed by atoms with Crippen molar-refractivity contribution in [1.82, 2.24) is 0 Å². The van der Waals surface area contributed by atoms with E-state index in [4.69, 9.17) is 13.6 Å². The molecule has 0 radical (unpaired) electrons. The molecule has 4 atom stereocenters. The van der Waals surface area contributed by atoms with E-state index < -0.39 is 27.7 Å². The quantitative estimate of drug-likeness (QED) is 0.266. The number of rotatable bonds is 7. The molecule has 0 bridgehead atoms. The molecule has 1 aromatic carbocycles. The summed E-state index contributed by atoms with van der Waals surface area (Å²) in [5, 5.41) is 10.7. The molecule has 2 aliphatic rings. The highest BCUT2D eigenvalue weighted by molar-refractivity contribution is 6.74. The minimum Gasteiger partial charge on any atom is -0.410 e. The molecule has 2 unspecified atom stereocenters. The average Bonchev–Trinajstić information content (AvgIpc) is 2.76. The van der Waals surface area contributed by atoms with Crippen LogP contribution in [0.4, 0.5) is 0 Å². The third-order valence-corrected chi connectivity index (χ3v) is 18.0. The molecule has 1 aromatic rings. The zero-order valence-corrected chi connectivity index (χ0v) is 26.1. The molecule has 0 saturated heterocycles. The van der Waals surface area contributed by atoms with E-state index in [2.05, 4.69) is 98.1 Å². The Morgan fingerprint density at radius 3 is 1.67 bits per heavy atom. The molecule has 0 saturated carbocycles. The van der Waals surface area contributed by atoms with E-state index in [-0.39, 0.29) is 22.3 Å². The number of hydrogen-bond acceptors (Lipinski definition) is 4. The summed E-state index contributed by atoms with van der Waals surface area (Å²) in [6.07, 6.45) is 9.37. The minimum absolute atomic E-state index is 0.0943. The molecular weight excluding hydrogens is 479 g/mol. The van der Waals surface area contributed by atoms with Gasteiger partial charge in [0, 0.05) is 12.8 Å². The zero-order chi connectivity index (χ0) is 27.0. The van der Waals surface area contributed by atoms with Crippen LogP contribution < -0.4 is 0 Å². The number of hydrogen-bond donors (Lipinski definition) is 0. The van der Waals surface area contributed by atoms with Gasteiger partial charge in [0.1, 0.15) is 5.41 Å². The second-order valence-electron chi connectivity index (χ2n) is 13.7. The van der Waals surface area contributed by atoms with E-state index >= 15 is 0 Å². The Morgan fingerprint density at radius 2 is 1.28 bits per heavy atom. The largest absolute Gasteiger partial charge is 0.410 e. The van der Waals surface area contributed by atoms with E-state index in [1.54, 1.807) is 0 Å². The van der Waals surface area contributed by atoms with Crippen molar-refractivity contribution in [3.8, 4) is 6.07 Å². The van der Waals surface area contributed by atoms with E-state index in [9.17, 15) is 5.26 Å². The lowest BCUT2D eigenvalue weighted by atomic mass is 9.61. The smallest absolute Gasteiger partial charge is 0.192 e. The predicted molar refractivity (Wildman–Crippen MR) is 154 cm³/mol. The van der Waals surface area contributed by atoms with Crippen LogP contribution >= 0.6 is 0 Å². The third kappa shape index (κ3) is 5.81. The first kappa shape index (κ1) is 29.1. The Kier molecular flexibility index (Phi) is 8.07. The van der Waals surface area contributed by atoms with Gasteiger partial charge in [0.05, 0.1) is 30.5 Å². The molecule has 0 aliphatic heterocycles. The Hall–Kier alpha value is -1.50. The first-order valence-electron chi connectivity index (χ1n) is 13.3. The minimum atomic E-state index is -2.02. The van der Waals surface area contributed by atoms with Gasteiger partial charge in [-0.3, -0.25) is 0 Å². The maximum Gasteiger partial charge on any atom is 0.192 e. The number of fused-ring (bicyclic) bond motifs is 1. The highest BCUT2D eigenvalue weighted by Gasteiger charge is 2.57. The molecule has 0 spiro atoms. The lowest BCUT2D eigenvalue weighted by Crippen LogP contribution is -2.58. The SMILES string of the molecule is CC(C)(C)[Si](C)(C)O[C@@H]1C=CC2(C#N)C=C[C@H](O[Si](C)(C)C(C)(C)C)CC2(OCc2ccccc2)C1. The fourth-order valence-corrected chi connectivity index (χ4v) is 7.11. The van der Waals surface area contributed by atoms with Crippen LogP contribution in [0.15, 0.2) is 54.6 Å². The van der Waals surface area contributed by atoms with E-state index in [0.717, 1.165) is 5.56 Å². The van der Waals surface area contributed by atoms with Gasteiger partial charge in [0.25, 0.3) is 0 Å². The Morgan fingerprint density at radius 1 is 0.833 bits per heavy atom. The van der Waals surface area contributed by atoms with Crippen LogP contribution in [0.25, 0.3) is 0 Å². The van der Waals surface area contributed by atoms with Gasteiger partial charge in [-0.2, -0.15) is 5.26 Å². The number of benzene rings is 1. The normalized spacial score (nSPS) is 29.0. The Labute approximate surface area is 222 Å². The van der Waals surface area contributed by atoms with Crippen molar-refractivity contribution in [2.24, 2.45) is 5.41 Å². The molecule has 0 aromatic heterocycles. The van der Waals surface area contributed by atoms with Crippen molar-refractivity contribution >= 4 is 16.6 Å². The van der Waals surface area contributed by atoms with Crippen LogP contribution in [0.5, 0.6) is 0 Å². The van der Waals surface area contributed by atoms with E-state index in [1.165, 1.54) is 0 Å². The van der Waals surface area contributed by atoms with Crippen LogP contribution in [-0.2, 0) is 20.2 Å². The second-order valence-corrected chi connectivity index (χ2v) is 23.2. The van der Waals surface area contributed by atoms with Crippen molar-refractivity contribution in [1.29, 1.82) is 5.26 Å². The maximum atomic E-state index is 10.5. The van der Waals surface area contributed by atoms with Gasteiger partial charge in [-0.05, 0) is 41.8 Å². The summed E-state index contributed by atoms with van der Waals surface area (Å²) < 4.78 is 20.6. The molecule has 0 amide bonds. The Bertz CT molecular complexity index is 961. The van der Waals surface area contributed by atoms with Crippen LogP contribution in [0.2, 0.25) is 36.3 Å². The van der Waals surface area contributed by atoms with Gasteiger partial charge in [-0.25, -0.2) is 0 Å². The third-order valence-electron chi connectivity index (χ3n) is 9.01. The topological polar surface area (TPSA) is 51.5 Å². The van der Waals surface area contributed by atoms with Gasteiger partial charge in [-0.15, -0.1) is 0 Å². The van der Waals surface area contributed by atoms with Crippen LogP contribution in [0, 0.1) is 16.7 Å². The Balaban J connectivity index is 2.00. The fourth-order valence-electron chi connectivity index (χ4n) is 4.57. The molecule has 36 heavy (non-hydrogen) atoms. The molecular formula is C30H47NO3Si2. The standard InChI is InChI=1S/C30H47NO3Si2/c1-27(2,3)35(7,8)33-25-16-18-29(23-31)19-17-26(34-36(9,10)28(4,5)6)21-30(29,20-25)32-22-24-14-12-11-13-15-24/h11-19,25-26H,20-22H2,1-10H3/t25-,26+,29?,30?. The zero-order valence-electron chi connectivity index (χ0n) is 24.1. The summed E-state index contributed by atoms with van der Waals surface area (Å²) >= 11 is 0. The van der Waals surface area contributed by atoms with E-state index in [0.29, 0.717) is 19.4 Å².